The molecule has 7 nitrogen and oxygen atoms in total. The second-order valence-electron chi connectivity index (χ2n) is 5.81. The smallest absolute Gasteiger partial charge is 0.329 e. The van der Waals surface area contributed by atoms with Crippen molar-refractivity contribution in [3.05, 3.63) is 18.1 Å². The van der Waals surface area contributed by atoms with E-state index in [0.29, 0.717) is 30.9 Å². The molecule has 0 spiro atoms. The Morgan fingerprint density at radius 2 is 2.29 bits per heavy atom. The Morgan fingerprint density at radius 3 is 2.81 bits per heavy atom. The number of anilines is 1. The summed E-state index contributed by atoms with van der Waals surface area (Å²) in [5, 5.41) is 8.71. The molecule has 1 aromatic rings. The van der Waals surface area contributed by atoms with Crippen LogP contribution in [-0.2, 0) is 9.53 Å². The molecule has 114 valence electrons. The first-order valence-corrected chi connectivity index (χ1v) is 6.78. The molecular weight excluding hydrogens is 274 g/mol. The number of hydrogen-bond donors (Lipinski definition) is 1. The Morgan fingerprint density at radius 1 is 1.52 bits per heavy atom. The van der Waals surface area contributed by atoms with Gasteiger partial charge in [0.15, 0.2) is 6.29 Å². The van der Waals surface area contributed by atoms with Crippen LogP contribution in [0.2, 0.25) is 0 Å². The van der Waals surface area contributed by atoms with Crippen molar-refractivity contribution in [1.29, 1.82) is 0 Å². The second-order valence-corrected chi connectivity index (χ2v) is 5.81. The molecule has 0 aromatic carbocycles. The lowest BCUT2D eigenvalue weighted by Crippen LogP contribution is -2.50. The number of carboxylic acid groups (broad SMARTS) is 1. The average Bonchev–Trinajstić information content (AvgIpc) is 2.45. The lowest BCUT2D eigenvalue weighted by Gasteiger charge is -2.44. The zero-order valence-corrected chi connectivity index (χ0v) is 12.2. The summed E-state index contributed by atoms with van der Waals surface area (Å²) in [5.41, 5.74) is 0.108. The molecule has 0 saturated carbocycles. The van der Waals surface area contributed by atoms with Crippen molar-refractivity contribution in [2.24, 2.45) is 5.41 Å². The fourth-order valence-electron chi connectivity index (χ4n) is 2.57. The number of carbonyl (C=O) groups is 2. The van der Waals surface area contributed by atoms with Crippen molar-refractivity contribution in [2.75, 3.05) is 24.6 Å². The van der Waals surface area contributed by atoms with E-state index in [9.17, 15) is 9.59 Å². The molecule has 2 rings (SSSR count). The van der Waals surface area contributed by atoms with E-state index in [-0.39, 0.29) is 18.1 Å². The summed E-state index contributed by atoms with van der Waals surface area (Å²) in [6, 6.07) is 0. The molecule has 1 fully saturated rings. The molecular formula is C14H19N3O4. The van der Waals surface area contributed by atoms with Crippen LogP contribution >= 0.6 is 0 Å². The van der Waals surface area contributed by atoms with E-state index in [1.807, 2.05) is 13.8 Å². The van der Waals surface area contributed by atoms with Gasteiger partial charge in [0.1, 0.15) is 18.1 Å². The van der Waals surface area contributed by atoms with Crippen LogP contribution in [0.3, 0.4) is 0 Å². The molecule has 2 heterocycles. The van der Waals surface area contributed by atoms with Crippen LogP contribution in [0.5, 0.6) is 0 Å². The van der Waals surface area contributed by atoms with Gasteiger partial charge >= 0.3 is 5.97 Å². The van der Waals surface area contributed by atoms with Gasteiger partial charge in [0, 0.05) is 18.5 Å². The predicted octanol–water partition coefficient (Wildman–Crippen LogP) is 0.995. The SMILES string of the molecule is CC1(C)CN(c2cnc(C=O)cn2)CCC1OCC(=O)O. The van der Waals surface area contributed by atoms with Gasteiger partial charge in [-0.2, -0.15) is 0 Å². The maximum atomic E-state index is 10.6. The summed E-state index contributed by atoms with van der Waals surface area (Å²) in [6.45, 7) is 5.20. The minimum Gasteiger partial charge on any atom is -0.480 e. The molecule has 1 atom stereocenters. The van der Waals surface area contributed by atoms with E-state index < -0.39 is 5.97 Å². The first kappa shape index (κ1) is 15.4. The molecule has 0 bridgehead atoms. The van der Waals surface area contributed by atoms with E-state index in [1.54, 1.807) is 6.20 Å². The third kappa shape index (κ3) is 3.75. The fraction of sp³-hybridized carbons (Fsp3) is 0.571. The van der Waals surface area contributed by atoms with E-state index in [2.05, 4.69) is 14.9 Å². The molecule has 0 radical (unpaired) electrons. The number of aromatic nitrogens is 2. The summed E-state index contributed by atoms with van der Waals surface area (Å²) in [7, 11) is 0. The maximum Gasteiger partial charge on any atom is 0.329 e. The summed E-state index contributed by atoms with van der Waals surface area (Å²) in [5.74, 6) is -0.242. The first-order valence-electron chi connectivity index (χ1n) is 6.78. The van der Waals surface area contributed by atoms with Crippen molar-refractivity contribution >= 4 is 18.1 Å². The highest BCUT2D eigenvalue weighted by atomic mass is 16.5. The molecule has 7 heteroatoms. The number of aldehydes is 1. The Balaban J connectivity index is 2.03. The number of nitrogens with zero attached hydrogens (tertiary/aromatic N) is 3. The Hall–Kier alpha value is -2.02. The van der Waals surface area contributed by atoms with Crippen LogP contribution in [0.1, 0.15) is 30.8 Å². The van der Waals surface area contributed by atoms with E-state index in [0.717, 1.165) is 6.42 Å². The number of piperidine rings is 1. The van der Waals surface area contributed by atoms with Crippen molar-refractivity contribution in [2.45, 2.75) is 26.4 Å². The quantitative estimate of drug-likeness (QED) is 0.809. The van der Waals surface area contributed by atoms with Gasteiger partial charge < -0.3 is 14.7 Å². The van der Waals surface area contributed by atoms with Gasteiger partial charge in [-0.15, -0.1) is 0 Å². The van der Waals surface area contributed by atoms with E-state index >= 15 is 0 Å². The summed E-state index contributed by atoms with van der Waals surface area (Å²) in [4.78, 5) is 31.5. The minimum absolute atomic E-state index is 0.105. The van der Waals surface area contributed by atoms with E-state index in [1.165, 1.54) is 6.20 Å². The number of rotatable bonds is 5. The topological polar surface area (TPSA) is 92.6 Å². The van der Waals surface area contributed by atoms with Crippen LogP contribution in [0.15, 0.2) is 12.4 Å². The van der Waals surface area contributed by atoms with Gasteiger partial charge in [0.25, 0.3) is 0 Å². The number of ether oxygens (including phenoxy) is 1. The van der Waals surface area contributed by atoms with Crippen LogP contribution < -0.4 is 4.90 Å². The number of aliphatic carboxylic acids is 1. The van der Waals surface area contributed by atoms with Crippen molar-refractivity contribution in [3.63, 3.8) is 0 Å². The van der Waals surface area contributed by atoms with Crippen molar-refractivity contribution < 1.29 is 19.4 Å². The van der Waals surface area contributed by atoms with Crippen LogP contribution in [-0.4, -0.2) is 53.1 Å². The van der Waals surface area contributed by atoms with Gasteiger partial charge in [-0.1, -0.05) is 13.8 Å². The largest absolute Gasteiger partial charge is 0.480 e. The summed E-state index contributed by atoms with van der Waals surface area (Å²) >= 11 is 0. The number of hydrogen-bond acceptors (Lipinski definition) is 6. The first-order chi connectivity index (χ1) is 9.92. The summed E-state index contributed by atoms with van der Waals surface area (Å²) < 4.78 is 5.47. The van der Waals surface area contributed by atoms with Crippen LogP contribution in [0.4, 0.5) is 5.82 Å². The van der Waals surface area contributed by atoms with Gasteiger partial charge in [-0.05, 0) is 6.42 Å². The lowest BCUT2D eigenvalue weighted by molar-refractivity contribution is -0.147. The highest BCUT2D eigenvalue weighted by Gasteiger charge is 2.37. The standard InChI is InChI=1S/C14H19N3O4/c1-14(2)9-17(4-3-11(14)21-8-13(19)20)12-6-15-10(7-18)5-16-12/h5-7,11H,3-4,8-9H2,1-2H3,(H,19,20). The second kappa shape index (κ2) is 6.17. The average molecular weight is 293 g/mol. The third-order valence-corrected chi connectivity index (χ3v) is 3.64. The minimum atomic E-state index is -0.955. The van der Waals surface area contributed by atoms with Gasteiger partial charge in [-0.25, -0.2) is 14.8 Å². The number of carboxylic acids is 1. The fourth-order valence-corrected chi connectivity index (χ4v) is 2.57. The van der Waals surface area contributed by atoms with Gasteiger partial charge in [-0.3, -0.25) is 4.79 Å². The normalized spacial score (nSPS) is 21.0. The zero-order chi connectivity index (χ0) is 15.5. The Kier molecular flexibility index (Phi) is 4.52. The van der Waals surface area contributed by atoms with Gasteiger partial charge in [0.05, 0.1) is 18.5 Å². The Labute approximate surface area is 123 Å². The lowest BCUT2D eigenvalue weighted by atomic mass is 9.81. The van der Waals surface area contributed by atoms with Crippen LogP contribution in [0, 0.1) is 5.41 Å². The molecule has 21 heavy (non-hydrogen) atoms. The van der Waals surface area contributed by atoms with E-state index in [4.69, 9.17) is 9.84 Å². The van der Waals surface area contributed by atoms with Crippen LogP contribution in [0.25, 0.3) is 0 Å². The molecule has 0 aliphatic carbocycles. The molecule has 1 aliphatic heterocycles. The molecule has 1 saturated heterocycles. The predicted molar refractivity (Wildman–Crippen MR) is 75.4 cm³/mol. The molecule has 1 aromatic heterocycles. The molecule has 1 unspecified atom stereocenters. The molecule has 0 amide bonds. The van der Waals surface area contributed by atoms with Crippen molar-refractivity contribution in [3.8, 4) is 0 Å². The highest BCUT2D eigenvalue weighted by Crippen LogP contribution is 2.33. The highest BCUT2D eigenvalue weighted by molar-refractivity contribution is 5.71. The maximum absolute atomic E-state index is 10.6. The van der Waals surface area contributed by atoms with Gasteiger partial charge in [0.2, 0.25) is 0 Å². The molecule has 1 N–H and O–H groups in total. The number of carbonyl (C=O) groups excluding carboxylic acids is 1. The third-order valence-electron chi connectivity index (χ3n) is 3.64. The van der Waals surface area contributed by atoms with Crippen molar-refractivity contribution in [1.82, 2.24) is 9.97 Å². The summed E-state index contributed by atoms with van der Waals surface area (Å²) in [6.07, 6.45) is 4.30. The molecule has 1 aliphatic rings. The Bertz CT molecular complexity index is 515. The zero-order valence-electron chi connectivity index (χ0n) is 12.2. The monoisotopic (exact) mass is 293 g/mol.